The van der Waals surface area contributed by atoms with E-state index in [2.05, 4.69) is 0 Å². The summed E-state index contributed by atoms with van der Waals surface area (Å²) in [6.45, 7) is 0.554. The molecule has 0 rings (SSSR count). The van der Waals surface area contributed by atoms with Crippen LogP contribution in [0.4, 0.5) is 0 Å². The minimum absolute atomic E-state index is 0.150. The number of rotatable bonds is 3. The van der Waals surface area contributed by atoms with Crippen molar-refractivity contribution in [3.8, 4) is 0 Å². The molecule has 0 heterocycles. The Morgan fingerprint density at radius 2 is 2.22 bits per heavy atom. The molecule has 3 nitrogen and oxygen atoms in total. The van der Waals surface area contributed by atoms with Crippen molar-refractivity contribution in [1.82, 2.24) is 0 Å². The first kappa shape index (κ1) is 8.52. The lowest BCUT2D eigenvalue weighted by molar-refractivity contribution is 1.25. The normalized spacial score (nSPS) is 10.3. The van der Waals surface area contributed by atoms with Crippen molar-refractivity contribution in [3.63, 3.8) is 0 Å². The van der Waals surface area contributed by atoms with Crippen LogP contribution in [0, 0.1) is 5.41 Å². The fourth-order valence-electron chi connectivity index (χ4n) is 0.302. The lowest BCUT2D eigenvalue weighted by Gasteiger charge is -1.89. The van der Waals surface area contributed by atoms with Crippen molar-refractivity contribution >= 4 is 16.9 Å². The summed E-state index contributed by atoms with van der Waals surface area (Å²) >= 11 is 1.29. The van der Waals surface area contributed by atoms with E-state index < -0.39 is 0 Å². The second kappa shape index (κ2) is 5.65. The Balaban J connectivity index is 3.09. The minimum Gasteiger partial charge on any atom is -0.379 e. The second-order valence-electron chi connectivity index (χ2n) is 1.38. The highest BCUT2D eigenvalue weighted by Crippen LogP contribution is 1.96. The Morgan fingerprint density at radius 3 is 2.67 bits per heavy atom. The molecular weight excluding hydrogens is 134 g/mol. The highest BCUT2D eigenvalue weighted by atomic mass is 32.2. The average molecular weight is 145 g/mol. The molecule has 0 aromatic rings. The molecule has 4 heteroatoms. The van der Waals surface area contributed by atoms with Crippen LogP contribution >= 0.6 is 11.8 Å². The third kappa shape index (κ3) is 7.52. The summed E-state index contributed by atoms with van der Waals surface area (Å²) in [4.78, 5) is 0. The van der Waals surface area contributed by atoms with Crippen LogP contribution in [0.25, 0.3) is 0 Å². The zero-order valence-electron chi connectivity index (χ0n) is 5.13. The van der Waals surface area contributed by atoms with E-state index in [-0.39, 0.29) is 5.17 Å². The quantitative estimate of drug-likeness (QED) is 0.300. The van der Waals surface area contributed by atoms with Crippen molar-refractivity contribution in [2.75, 3.05) is 12.3 Å². The van der Waals surface area contributed by atoms with Gasteiger partial charge in [0.05, 0.1) is 0 Å². The third-order valence-corrected chi connectivity index (χ3v) is 1.31. The molecule has 0 spiro atoms. The van der Waals surface area contributed by atoms with Gasteiger partial charge in [0.15, 0.2) is 5.17 Å². The smallest absolute Gasteiger partial charge is 0.151 e. The molecule has 0 amide bonds. The van der Waals surface area contributed by atoms with E-state index in [4.69, 9.17) is 16.9 Å². The molecule has 0 aromatic carbocycles. The van der Waals surface area contributed by atoms with Crippen LogP contribution in [0.5, 0.6) is 0 Å². The van der Waals surface area contributed by atoms with Crippen molar-refractivity contribution < 1.29 is 0 Å². The molecule has 0 radical (unpaired) electrons. The Hall–Kier alpha value is -0.480. The molecular formula is C5H11N3S. The van der Waals surface area contributed by atoms with E-state index in [0.717, 1.165) is 5.75 Å². The molecule has 9 heavy (non-hydrogen) atoms. The first-order valence-corrected chi connectivity index (χ1v) is 3.58. The van der Waals surface area contributed by atoms with Crippen molar-refractivity contribution in [2.24, 2.45) is 11.5 Å². The van der Waals surface area contributed by atoms with Crippen molar-refractivity contribution in [2.45, 2.75) is 0 Å². The standard InChI is InChI=1S/C5H11N3S/c6-3-1-2-4-9-5(7)8/h1-2H,3-4,6H2,(H3,7,8). The molecule has 0 unspecified atom stereocenters. The second-order valence-corrected chi connectivity index (χ2v) is 2.44. The van der Waals surface area contributed by atoms with Gasteiger partial charge in [-0.1, -0.05) is 23.9 Å². The molecule has 0 aliphatic carbocycles. The van der Waals surface area contributed by atoms with Crippen LogP contribution in [-0.2, 0) is 0 Å². The van der Waals surface area contributed by atoms with Gasteiger partial charge in [0.1, 0.15) is 0 Å². The van der Waals surface area contributed by atoms with Gasteiger partial charge in [0, 0.05) is 12.3 Å². The van der Waals surface area contributed by atoms with E-state index in [9.17, 15) is 0 Å². The summed E-state index contributed by atoms with van der Waals surface area (Å²) in [5.41, 5.74) is 10.2. The van der Waals surface area contributed by atoms with Crippen LogP contribution in [0.15, 0.2) is 12.2 Å². The molecule has 52 valence electrons. The van der Waals surface area contributed by atoms with Crippen LogP contribution < -0.4 is 11.5 Å². The average Bonchev–Trinajstić information content (AvgIpc) is 1.80. The largest absolute Gasteiger partial charge is 0.379 e. The lowest BCUT2D eigenvalue weighted by Crippen LogP contribution is -2.03. The van der Waals surface area contributed by atoms with E-state index in [1.54, 1.807) is 0 Å². The van der Waals surface area contributed by atoms with Crippen LogP contribution in [0.1, 0.15) is 0 Å². The van der Waals surface area contributed by atoms with E-state index in [0.29, 0.717) is 6.54 Å². The van der Waals surface area contributed by atoms with Crippen LogP contribution in [0.2, 0.25) is 0 Å². The zero-order valence-corrected chi connectivity index (χ0v) is 5.95. The first-order chi connectivity index (χ1) is 4.27. The van der Waals surface area contributed by atoms with Crippen molar-refractivity contribution in [1.29, 1.82) is 5.41 Å². The maximum absolute atomic E-state index is 6.81. The zero-order chi connectivity index (χ0) is 7.11. The Labute approximate surface area is 59.0 Å². The number of hydrogen-bond donors (Lipinski definition) is 3. The van der Waals surface area contributed by atoms with Gasteiger partial charge < -0.3 is 11.5 Å². The molecule has 0 aromatic heterocycles. The summed E-state index contributed by atoms with van der Waals surface area (Å²) < 4.78 is 0. The number of nitrogens with one attached hydrogen (secondary N) is 1. The summed E-state index contributed by atoms with van der Waals surface area (Å²) in [5, 5.41) is 6.96. The molecule has 5 N–H and O–H groups in total. The molecule has 0 bridgehead atoms. The van der Waals surface area contributed by atoms with Gasteiger partial charge in [0.25, 0.3) is 0 Å². The van der Waals surface area contributed by atoms with Gasteiger partial charge in [0.2, 0.25) is 0 Å². The summed E-state index contributed by atoms with van der Waals surface area (Å²) in [6, 6.07) is 0. The molecule has 0 aliphatic heterocycles. The maximum atomic E-state index is 6.81. The highest BCUT2D eigenvalue weighted by Gasteiger charge is 1.83. The highest BCUT2D eigenvalue weighted by molar-refractivity contribution is 8.13. The maximum Gasteiger partial charge on any atom is 0.151 e. The van der Waals surface area contributed by atoms with Crippen LogP contribution in [-0.4, -0.2) is 17.5 Å². The SMILES string of the molecule is N=C(N)SCC=CCN. The van der Waals surface area contributed by atoms with Gasteiger partial charge in [-0.05, 0) is 0 Å². The minimum atomic E-state index is 0.150. The van der Waals surface area contributed by atoms with Gasteiger partial charge in [-0.3, -0.25) is 5.41 Å². The molecule has 0 aliphatic rings. The fraction of sp³-hybridized carbons (Fsp3) is 0.400. The van der Waals surface area contributed by atoms with Crippen LogP contribution in [0.3, 0.4) is 0 Å². The number of amidine groups is 1. The number of thioether (sulfide) groups is 1. The van der Waals surface area contributed by atoms with E-state index in [1.165, 1.54) is 11.8 Å². The third-order valence-electron chi connectivity index (χ3n) is 0.638. The Morgan fingerprint density at radius 1 is 1.56 bits per heavy atom. The fourth-order valence-corrected chi connectivity index (χ4v) is 0.714. The Kier molecular flexibility index (Phi) is 5.35. The number of hydrogen-bond acceptors (Lipinski definition) is 3. The van der Waals surface area contributed by atoms with Gasteiger partial charge in [-0.25, -0.2) is 0 Å². The van der Waals surface area contributed by atoms with Gasteiger partial charge in [-0.15, -0.1) is 0 Å². The topological polar surface area (TPSA) is 75.9 Å². The molecule has 0 atom stereocenters. The number of nitrogens with two attached hydrogens (primary N) is 2. The predicted molar refractivity (Wildman–Crippen MR) is 42.6 cm³/mol. The first-order valence-electron chi connectivity index (χ1n) is 2.59. The van der Waals surface area contributed by atoms with E-state index in [1.807, 2.05) is 12.2 Å². The summed E-state index contributed by atoms with van der Waals surface area (Å²) in [7, 11) is 0. The summed E-state index contributed by atoms with van der Waals surface area (Å²) in [6.07, 6.45) is 3.74. The van der Waals surface area contributed by atoms with Crippen molar-refractivity contribution in [3.05, 3.63) is 12.2 Å². The lowest BCUT2D eigenvalue weighted by atomic mass is 10.5. The van der Waals surface area contributed by atoms with E-state index >= 15 is 0 Å². The molecule has 0 saturated carbocycles. The monoisotopic (exact) mass is 145 g/mol. The van der Waals surface area contributed by atoms with Gasteiger partial charge in [-0.2, -0.15) is 0 Å². The van der Waals surface area contributed by atoms with Gasteiger partial charge >= 0.3 is 0 Å². The molecule has 0 saturated heterocycles. The predicted octanol–water partition coefficient (Wildman–Crippen LogP) is 0.128. The Bertz CT molecular complexity index is 111. The molecule has 0 fully saturated rings. The summed E-state index contributed by atoms with van der Waals surface area (Å²) in [5.74, 6) is 0.743.